The lowest BCUT2D eigenvalue weighted by molar-refractivity contribution is 0.677. The van der Waals surface area contributed by atoms with E-state index in [1.54, 1.807) is 0 Å². The van der Waals surface area contributed by atoms with Crippen LogP contribution in [0, 0.1) is 6.92 Å². The Morgan fingerprint density at radius 1 is 1.24 bits per heavy atom. The van der Waals surface area contributed by atoms with Crippen molar-refractivity contribution >= 4 is 11.3 Å². The Balaban J connectivity index is 1.55. The number of hydrogen-bond acceptors (Lipinski definition) is 2. The van der Waals surface area contributed by atoms with Gasteiger partial charge in [-0.25, -0.2) is 0 Å². The van der Waals surface area contributed by atoms with Gasteiger partial charge in [-0.3, -0.25) is 0 Å². The molecule has 17 heavy (non-hydrogen) atoms. The molecule has 1 aromatic carbocycles. The largest absolute Gasteiger partial charge is 0.308 e. The van der Waals surface area contributed by atoms with Crippen LogP contribution in [0.15, 0.2) is 41.8 Å². The first kappa shape index (κ1) is 11.0. The van der Waals surface area contributed by atoms with Crippen molar-refractivity contribution in [1.29, 1.82) is 0 Å². The molecular formula is C15H17NS. The van der Waals surface area contributed by atoms with Gasteiger partial charge in [-0.15, -0.1) is 11.3 Å². The summed E-state index contributed by atoms with van der Waals surface area (Å²) in [6.07, 6.45) is 1.29. The summed E-state index contributed by atoms with van der Waals surface area (Å²) in [5.74, 6) is 0.733. The third-order valence-electron chi connectivity index (χ3n) is 3.51. The van der Waals surface area contributed by atoms with Gasteiger partial charge in [0, 0.05) is 23.4 Å². The number of thiophene rings is 1. The van der Waals surface area contributed by atoms with E-state index in [1.165, 1.54) is 22.4 Å². The predicted molar refractivity (Wildman–Crippen MR) is 73.5 cm³/mol. The molecule has 88 valence electrons. The van der Waals surface area contributed by atoms with E-state index in [9.17, 15) is 0 Å². The minimum absolute atomic E-state index is 0.680. The molecule has 1 heterocycles. The van der Waals surface area contributed by atoms with Crippen LogP contribution in [0.25, 0.3) is 0 Å². The third kappa shape index (κ3) is 2.43. The van der Waals surface area contributed by atoms with E-state index in [0.717, 1.165) is 12.5 Å². The first-order chi connectivity index (χ1) is 8.34. The van der Waals surface area contributed by atoms with Crippen molar-refractivity contribution in [2.75, 3.05) is 0 Å². The van der Waals surface area contributed by atoms with Gasteiger partial charge in [-0.05, 0) is 35.9 Å². The van der Waals surface area contributed by atoms with Gasteiger partial charge in [-0.2, -0.15) is 0 Å². The number of hydrogen-bond donors (Lipinski definition) is 1. The van der Waals surface area contributed by atoms with Crippen molar-refractivity contribution in [3.8, 4) is 0 Å². The summed E-state index contributed by atoms with van der Waals surface area (Å²) < 4.78 is 0. The molecule has 0 bridgehead atoms. The van der Waals surface area contributed by atoms with Crippen LogP contribution in [0.5, 0.6) is 0 Å². The molecule has 0 spiro atoms. The second-order valence-corrected chi connectivity index (χ2v) is 5.77. The fourth-order valence-electron chi connectivity index (χ4n) is 2.30. The zero-order valence-electron chi connectivity index (χ0n) is 10.0. The highest BCUT2D eigenvalue weighted by Gasteiger charge is 2.37. The molecule has 1 N–H and O–H groups in total. The van der Waals surface area contributed by atoms with E-state index in [2.05, 4.69) is 54.0 Å². The molecule has 2 unspecified atom stereocenters. The van der Waals surface area contributed by atoms with Crippen LogP contribution >= 0.6 is 11.3 Å². The van der Waals surface area contributed by atoms with E-state index >= 15 is 0 Å². The standard InChI is InChI=1S/C15H17NS/c1-11-7-8-17-15(11)10-16-14-9-13(14)12-5-3-2-4-6-12/h2-8,13-14,16H,9-10H2,1H3. The molecule has 1 saturated carbocycles. The maximum Gasteiger partial charge on any atom is 0.0305 e. The van der Waals surface area contributed by atoms with Gasteiger partial charge in [0.25, 0.3) is 0 Å². The van der Waals surface area contributed by atoms with Crippen LogP contribution in [0.4, 0.5) is 0 Å². The zero-order valence-corrected chi connectivity index (χ0v) is 10.8. The Kier molecular flexibility index (Phi) is 3.00. The summed E-state index contributed by atoms with van der Waals surface area (Å²) in [5, 5.41) is 5.83. The second kappa shape index (κ2) is 4.63. The summed E-state index contributed by atoms with van der Waals surface area (Å²) in [5.41, 5.74) is 2.90. The maximum atomic E-state index is 3.66. The normalized spacial score (nSPS) is 22.6. The number of aryl methyl sites for hydroxylation is 1. The lowest BCUT2D eigenvalue weighted by Gasteiger charge is -2.03. The van der Waals surface area contributed by atoms with Crippen LogP contribution in [0.3, 0.4) is 0 Å². The van der Waals surface area contributed by atoms with Gasteiger partial charge in [0.1, 0.15) is 0 Å². The van der Waals surface area contributed by atoms with Gasteiger partial charge in [0.15, 0.2) is 0 Å². The number of nitrogens with one attached hydrogen (secondary N) is 1. The fourth-order valence-corrected chi connectivity index (χ4v) is 3.16. The van der Waals surface area contributed by atoms with Crippen LogP contribution in [0.1, 0.15) is 28.3 Å². The van der Waals surface area contributed by atoms with Gasteiger partial charge in [0.05, 0.1) is 0 Å². The molecule has 2 heteroatoms. The minimum Gasteiger partial charge on any atom is -0.308 e. The molecular weight excluding hydrogens is 226 g/mol. The van der Waals surface area contributed by atoms with Crippen LogP contribution < -0.4 is 5.32 Å². The highest BCUT2D eigenvalue weighted by molar-refractivity contribution is 7.10. The first-order valence-corrected chi connectivity index (χ1v) is 7.04. The second-order valence-electron chi connectivity index (χ2n) is 4.77. The maximum absolute atomic E-state index is 3.66. The Morgan fingerprint density at radius 3 is 2.76 bits per heavy atom. The van der Waals surface area contributed by atoms with Gasteiger partial charge in [-0.1, -0.05) is 30.3 Å². The molecule has 2 aromatic rings. The lowest BCUT2D eigenvalue weighted by Crippen LogP contribution is -2.16. The topological polar surface area (TPSA) is 12.0 Å². The van der Waals surface area contributed by atoms with E-state index in [1.807, 2.05) is 11.3 Å². The molecule has 1 aliphatic rings. The predicted octanol–water partition coefficient (Wildman–Crippen LogP) is 3.70. The number of benzene rings is 1. The molecule has 1 nitrogen and oxygen atoms in total. The van der Waals surface area contributed by atoms with Crippen molar-refractivity contribution in [2.24, 2.45) is 0 Å². The SMILES string of the molecule is Cc1ccsc1CNC1CC1c1ccccc1. The smallest absolute Gasteiger partial charge is 0.0305 e. The molecule has 0 radical (unpaired) electrons. The Hall–Kier alpha value is -1.12. The fraction of sp³-hybridized carbons (Fsp3) is 0.333. The third-order valence-corrected chi connectivity index (χ3v) is 4.53. The van der Waals surface area contributed by atoms with Gasteiger partial charge < -0.3 is 5.32 Å². The molecule has 1 aliphatic carbocycles. The van der Waals surface area contributed by atoms with Crippen molar-refractivity contribution in [3.63, 3.8) is 0 Å². The summed E-state index contributed by atoms with van der Waals surface area (Å²) in [7, 11) is 0. The summed E-state index contributed by atoms with van der Waals surface area (Å²) in [4.78, 5) is 1.48. The molecule has 1 fully saturated rings. The van der Waals surface area contributed by atoms with E-state index in [-0.39, 0.29) is 0 Å². The molecule has 0 saturated heterocycles. The molecule has 2 atom stereocenters. The number of rotatable bonds is 4. The molecule has 0 aliphatic heterocycles. The van der Waals surface area contributed by atoms with Crippen molar-refractivity contribution in [2.45, 2.75) is 31.8 Å². The van der Waals surface area contributed by atoms with Crippen molar-refractivity contribution < 1.29 is 0 Å². The van der Waals surface area contributed by atoms with Crippen molar-refractivity contribution in [3.05, 3.63) is 57.8 Å². The molecule has 3 rings (SSSR count). The highest BCUT2D eigenvalue weighted by Crippen LogP contribution is 2.40. The van der Waals surface area contributed by atoms with Crippen LogP contribution in [-0.4, -0.2) is 6.04 Å². The average Bonchev–Trinajstić information content (AvgIpc) is 3.04. The Labute approximate surface area is 106 Å². The quantitative estimate of drug-likeness (QED) is 0.863. The molecule has 1 aromatic heterocycles. The van der Waals surface area contributed by atoms with Crippen molar-refractivity contribution in [1.82, 2.24) is 5.32 Å². The zero-order chi connectivity index (χ0) is 11.7. The van der Waals surface area contributed by atoms with Gasteiger partial charge in [0.2, 0.25) is 0 Å². The molecule has 0 amide bonds. The highest BCUT2D eigenvalue weighted by atomic mass is 32.1. The minimum atomic E-state index is 0.680. The monoisotopic (exact) mass is 243 g/mol. The van der Waals surface area contributed by atoms with E-state index in [4.69, 9.17) is 0 Å². The van der Waals surface area contributed by atoms with Crippen LogP contribution in [-0.2, 0) is 6.54 Å². The Bertz CT molecular complexity index is 489. The van der Waals surface area contributed by atoms with E-state index < -0.39 is 0 Å². The summed E-state index contributed by atoms with van der Waals surface area (Å²) in [6.45, 7) is 3.21. The summed E-state index contributed by atoms with van der Waals surface area (Å²) in [6, 6.07) is 13.7. The summed E-state index contributed by atoms with van der Waals surface area (Å²) >= 11 is 1.85. The van der Waals surface area contributed by atoms with Crippen LogP contribution in [0.2, 0.25) is 0 Å². The Morgan fingerprint density at radius 2 is 2.06 bits per heavy atom. The average molecular weight is 243 g/mol. The lowest BCUT2D eigenvalue weighted by atomic mass is 10.1. The first-order valence-electron chi connectivity index (χ1n) is 6.16. The van der Waals surface area contributed by atoms with E-state index in [0.29, 0.717) is 6.04 Å². The van der Waals surface area contributed by atoms with Gasteiger partial charge >= 0.3 is 0 Å².